The molecule has 0 aromatic heterocycles. The van der Waals surface area contributed by atoms with Crippen LogP contribution in [0.4, 0.5) is 0 Å². The molecule has 0 fully saturated rings. The first-order valence-electron chi connectivity index (χ1n) is 5.34. The van der Waals surface area contributed by atoms with Gasteiger partial charge in [-0.25, -0.2) is 0 Å². The van der Waals surface area contributed by atoms with Crippen LogP contribution in [0.2, 0.25) is 10.0 Å². The normalized spacial score (nSPS) is 12.5. The quantitative estimate of drug-likeness (QED) is 0.541. The Labute approximate surface area is 130 Å². The summed E-state index contributed by atoms with van der Waals surface area (Å²) in [5.74, 6) is 0. The number of rotatable bonds is 2. The van der Waals surface area contributed by atoms with Crippen molar-refractivity contribution in [3.8, 4) is 0 Å². The minimum Gasteiger partial charge on any atom is -0.113 e. The van der Waals surface area contributed by atoms with Crippen LogP contribution in [0.15, 0.2) is 40.9 Å². The van der Waals surface area contributed by atoms with E-state index in [1.807, 2.05) is 31.2 Å². The molecule has 0 N–H and O–H groups in total. The lowest BCUT2D eigenvalue weighted by molar-refractivity contribution is 1.12. The lowest BCUT2D eigenvalue weighted by atomic mass is 10.0. The third-order valence-corrected chi connectivity index (χ3v) is 4.58. The van der Waals surface area contributed by atoms with Crippen LogP contribution in [0, 0.1) is 6.92 Å². The Kier molecular flexibility index (Phi) is 4.60. The van der Waals surface area contributed by atoms with Gasteiger partial charge in [0.25, 0.3) is 0 Å². The second-order valence-corrected chi connectivity index (χ2v) is 6.17. The van der Waals surface area contributed by atoms with E-state index in [1.54, 1.807) is 12.1 Å². The van der Waals surface area contributed by atoms with Crippen LogP contribution in [0.3, 0.4) is 0 Å². The largest absolute Gasteiger partial charge is 0.113 e. The van der Waals surface area contributed by atoms with Gasteiger partial charge in [-0.2, -0.15) is 0 Å². The van der Waals surface area contributed by atoms with Crippen LogP contribution in [-0.2, 0) is 0 Å². The fourth-order valence-corrected chi connectivity index (χ4v) is 3.17. The number of aryl methyl sites for hydroxylation is 1. The molecule has 2 aromatic rings. The molecule has 0 aliphatic carbocycles. The molecule has 18 heavy (non-hydrogen) atoms. The van der Waals surface area contributed by atoms with E-state index in [4.69, 9.17) is 34.8 Å². The van der Waals surface area contributed by atoms with E-state index in [-0.39, 0.29) is 5.38 Å². The molecule has 0 amide bonds. The third kappa shape index (κ3) is 3.03. The number of hydrogen-bond donors (Lipinski definition) is 0. The SMILES string of the molecule is Cc1ccc(C(Cl)c2ccc(Cl)c(Cl)c2)c(Br)c1. The van der Waals surface area contributed by atoms with Crippen LogP contribution in [0.5, 0.6) is 0 Å². The van der Waals surface area contributed by atoms with Crippen molar-refractivity contribution in [2.24, 2.45) is 0 Å². The molecule has 0 spiro atoms. The van der Waals surface area contributed by atoms with E-state index in [9.17, 15) is 0 Å². The van der Waals surface area contributed by atoms with E-state index in [0.29, 0.717) is 10.0 Å². The summed E-state index contributed by atoms with van der Waals surface area (Å²) in [4.78, 5) is 0. The van der Waals surface area contributed by atoms with E-state index in [2.05, 4.69) is 15.9 Å². The molecular formula is C14H10BrCl3. The fraction of sp³-hybridized carbons (Fsp3) is 0.143. The molecule has 0 aliphatic heterocycles. The summed E-state index contributed by atoms with van der Waals surface area (Å²) in [5, 5.41) is 0.796. The minimum atomic E-state index is -0.255. The molecule has 4 heteroatoms. The molecule has 1 atom stereocenters. The summed E-state index contributed by atoms with van der Waals surface area (Å²) in [7, 11) is 0. The van der Waals surface area contributed by atoms with Gasteiger partial charge in [0.15, 0.2) is 0 Å². The molecule has 94 valence electrons. The molecule has 0 radical (unpaired) electrons. The maximum Gasteiger partial charge on any atom is 0.0846 e. The Morgan fingerprint density at radius 2 is 1.72 bits per heavy atom. The zero-order valence-electron chi connectivity index (χ0n) is 9.55. The summed E-state index contributed by atoms with van der Waals surface area (Å²) in [6.07, 6.45) is 0. The van der Waals surface area contributed by atoms with Crippen molar-refractivity contribution in [2.75, 3.05) is 0 Å². The van der Waals surface area contributed by atoms with Gasteiger partial charge < -0.3 is 0 Å². The average Bonchev–Trinajstić information content (AvgIpc) is 2.32. The number of alkyl halides is 1. The highest BCUT2D eigenvalue weighted by Gasteiger charge is 2.15. The first kappa shape index (κ1) is 14.2. The summed E-state index contributed by atoms with van der Waals surface area (Å²) in [5.41, 5.74) is 3.12. The standard InChI is InChI=1S/C14H10BrCl3/c1-8-2-4-10(11(15)6-8)14(18)9-3-5-12(16)13(17)7-9/h2-7,14H,1H3. The topological polar surface area (TPSA) is 0 Å². The van der Waals surface area contributed by atoms with Gasteiger partial charge in [0, 0.05) is 4.47 Å². The summed E-state index contributed by atoms with van der Waals surface area (Å²) in [6.45, 7) is 2.04. The Morgan fingerprint density at radius 3 is 2.33 bits per heavy atom. The highest BCUT2D eigenvalue weighted by atomic mass is 79.9. The monoisotopic (exact) mass is 362 g/mol. The molecule has 0 nitrogen and oxygen atoms in total. The van der Waals surface area contributed by atoms with Gasteiger partial charge in [-0.1, -0.05) is 57.3 Å². The predicted molar refractivity (Wildman–Crippen MR) is 83.0 cm³/mol. The number of benzene rings is 2. The van der Waals surface area contributed by atoms with Crippen molar-refractivity contribution in [2.45, 2.75) is 12.3 Å². The van der Waals surface area contributed by atoms with Crippen molar-refractivity contribution in [3.05, 3.63) is 67.6 Å². The molecule has 0 saturated heterocycles. The van der Waals surface area contributed by atoms with Gasteiger partial charge in [-0.15, -0.1) is 11.6 Å². The van der Waals surface area contributed by atoms with E-state index < -0.39 is 0 Å². The van der Waals surface area contributed by atoms with Gasteiger partial charge in [-0.05, 0) is 41.8 Å². The van der Waals surface area contributed by atoms with Crippen molar-refractivity contribution >= 4 is 50.7 Å². The van der Waals surface area contributed by atoms with E-state index in [1.165, 1.54) is 5.56 Å². The van der Waals surface area contributed by atoms with Crippen LogP contribution < -0.4 is 0 Å². The molecule has 0 aliphatic rings. The van der Waals surface area contributed by atoms with Crippen LogP contribution in [0.1, 0.15) is 22.1 Å². The molecule has 0 bridgehead atoms. The van der Waals surface area contributed by atoms with Crippen molar-refractivity contribution < 1.29 is 0 Å². The Balaban J connectivity index is 2.41. The van der Waals surface area contributed by atoms with Gasteiger partial charge >= 0.3 is 0 Å². The molecule has 0 saturated carbocycles. The van der Waals surface area contributed by atoms with Gasteiger partial charge in [0.05, 0.1) is 15.4 Å². The molecular weight excluding hydrogens is 354 g/mol. The second kappa shape index (κ2) is 5.83. The van der Waals surface area contributed by atoms with E-state index in [0.717, 1.165) is 15.6 Å². The molecule has 1 unspecified atom stereocenters. The van der Waals surface area contributed by atoms with Crippen LogP contribution >= 0.6 is 50.7 Å². The second-order valence-electron chi connectivity index (χ2n) is 4.06. The molecule has 0 heterocycles. The number of hydrogen-bond acceptors (Lipinski definition) is 0. The fourth-order valence-electron chi connectivity index (χ4n) is 1.69. The smallest absolute Gasteiger partial charge is 0.0846 e. The summed E-state index contributed by atoms with van der Waals surface area (Å²) >= 11 is 21.9. The van der Waals surface area contributed by atoms with E-state index >= 15 is 0 Å². The Bertz CT molecular complexity index is 581. The van der Waals surface area contributed by atoms with Crippen LogP contribution in [0.25, 0.3) is 0 Å². The number of halogens is 4. The van der Waals surface area contributed by atoms with Crippen molar-refractivity contribution in [1.82, 2.24) is 0 Å². The average molecular weight is 364 g/mol. The van der Waals surface area contributed by atoms with Gasteiger partial charge in [0.2, 0.25) is 0 Å². The minimum absolute atomic E-state index is 0.255. The summed E-state index contributed by atoms with van der Waals surface area (Å²) < 4.78 is 0.994. The first-order valence-corrected chi connectivity index (χ1v) is 7.32. The lowest BCUT2D eigenvalue weighted by Gasteiger charge is -2.13. The highest BCUT2D eigenvalue weighted by Crippen LogP contribution is 2.36. The Morgan fingerprint density at radius 1 is 1.00 bits per heavy atom. The zero-order chi connectivity index (χ0) is 13.3. The lowest BCUT2D eigenvalue weighted by Crippen LogP contribution is -1.95. The van der Waals surface area contributed by atoms with Crippen LogP contribution in [-0.4, -0.2) is 0 Å². The summed E-state index contributed by atoms with van der Waals surface area (Å²) in [6, 6.07) is 11.5. The third-order valence-electron chi connectivity index (χ3n) is 2.67. The first-order chi connectivity index (χ1) is 8.49. The maximum atomic E-state index is 6.48. The van der Waals surface area contributed by atoms with Crippen molar-refractivity contribution in [3.63, 3.8) is 0 Å². The Hall–Kier alpha value is -0.210. The molecule has 2 aromatic carbocycles. The zero-order valence-corrected chi connectivity index (χ0v) is 13.4. The highest BCUT2D eigenvalue weighted by molar-refractivity contribution is 9.10. The van der Waals surface area contributed by atoms with Gasteiger partial charge in [0.1, 0.15) is 0 Å². The van der Waals surface area contributed by atoms with Gasteiger partial charge in [-0.3, -0.25) is 0 Å². The van der Waals surface area contributed by atoms with Crippen molar-refractivity contribution in [1.29, 1.82) is 0 Å². The predicted octanol–water partition coefficient (Wildman–Crippen LogP) is 6.39. The molecule has 2 rings (SSSR count). The maximum absolute atomic E-state index is 6.48.